The van der Waals surface area contributed by atoms with Crippen molar-refractivity contribution in [2.45, 2.75) is 37.8 Å². The van der Waals surface area contributed by atoms with Crippen molar-refractivity contribution >= 4 is 24.2 Å². The third-order valence-electron chi connectivity index (χ3n) is 3.70. The van der Waals surface area contributed by atoms with E-state index < -0.39 is 6.17 Å². The molecule has 0 radical (unpaired) electrons. The molecule has 1 unspecified atom stereocenters. The van der Waals surface area contributed by atoms with Crippen LogP contribution in [0.1, 0.15) is 38.4 Å². The lowest BCUT2D eigenvalue weighted by Gasteiger charge is -2.31. The third kappa shape index (κ3) is 3.84. The van der Waals surface area contributed by atoms with Gasteiger partial charge in [-0.15, -0.1) is 12.6 Å². The largest absolute Gasteiger partial charge is 0.493 e. The number of hydrogen-bond acceptors (Lipinski definition) is 6. The molecule has 0 saturated carbocycles. The Balaban J connectivity index is 2.41. The number of hydrogen-bond donors (Lipinski definition) is 5. The van der Waals surface area contributed by atoms with E-state index in [1.807, 2.05) is 32.0 Å². The molecule has 1 atom stereocenters. The van der Waals surface area contributed by atoms with Crippen LogP contribution in [-0.4, -0.2) is 25.3 Å². The predicted molar refractivity (Wildman–Crippen MR) is 97.6 cm³/mol. The maximum atomic E-state index is 12.5. The summed E-state index contributed by atoms with van der Waals surface area (Å²) in [6.07, 6.45) is 0.956. The molecule has 0 bridgehead atoms. The summed E-state index contributed by atoms with van der Waals surface area (Å²) in [5, 5.41) is 17.3. The first-order valence-electron chi connectivity index (χ1n) is 8.04. The monoisotopic (exact) mass is 348 g/mol. The molecule has 7 heteroatoms. The first-order valence-corrected chi connectivity index (χ1v) is 8.49. The molecule has 0 aliphatic carbocycles. The van der Waals surface area contributed by atoms with Crippen LogP contribution in [0.25, 0.3) is 0 Å². The lowest BCUT2D eigenvalue weighted by molar-refractivity contribution is -0.119. The zero-order valence-electron chi connectivity index (χ0n) is 14.2. The molecule has 4 N–H and O–H groups in total. The van der Waals surface area contributed by atoms with Gasteiger partial charge in [0.15, 0.2) is 0 Å². The molecule has 0 saturated heterocycles. The van der Waals surface area contributed by atoms with Crippen molar-refractivity contribution in [1.29, 1.82) is 5.41 Å². The summed E-state index contributed by atoms with van der Waals surface area (Å²) in [7, 11) is 1.68. The van der Waals surface area contributed by atoms with Crippen molar-refractivity contribution in [2.75, 3.05) is 13.7 Å². The van der Waals surface area contributed by atoms with Gasteiger partial charge >= 0.3 is 0 Å². The molecule has 2 rings (SSSR count). The van der Waals surface area contributed by atoms with Crippen molar-refractivity contribution in [1.82, 2.24) is 16.0 Å². The molecule has 1 heterocycles. The second-order valence-corrected chi connectivity index (χ2v) is 5.95. The molecule has 0 spiro atoms. The number of likely N-dealkylation sites (N-methyl/N-ethyl adjacent to an activating group) is 1. The van der Waals surface area contributed by atoms with Gasteiger partial charge in [-0.2, -0.15) is 0 Å². The minimum absolute atomic E-state index is 0.246. The number of ether oxygens (including phenoxy) is 1. The Morgan fingerprint density at radius 1 is 1.38 bits per heavy atom. The maximum absolute atomic E-state index is 12.5. The van der Waals surface area contributed by atoms with Crippen LogP contribution in [0, 0.1) is 5.41 Å². The van der Waals surface area contributed by atoms with Gasteiger partial charge in [0.2, 0.25) is 0 Å². The topological polar surface area (TPSA) is 86.2 Å². The first kappa shape index (κ1) is 18.2. The molecular formula is C17H24N4O2S. The van der Waals surface area contributed by atoms with Gasteiger partial charge in [0.05, 0.1) is 18.0 Å². The van der Waals surface area contributed by atoms with E-state index >= 15 is 0 Å². The average Bonchev–Trinajstić information content (AvgIpc) is 2.56. The minimum Gasteiger partial charge on any atom is -0.493 e. The molecular weight excluding hydrogens is 324 g/mol. The number of amides is 1. The fraction of sp³-hybridized carbons (Fsp3) is 0.412. The normalized spacial score (nSPS) is 17.2. The number of thiol groups is 1. The molecule has 1 amide bonds. The fourth-order valence-corrected chi connectivity index (χ4v) is 2.84. The summed E-state index contributed by atoms with van der Waals surface area (Å²) in [4.78, 5) is 13.2. The summed E-state index contributed by atoms with van der Waals surface area (Å²) in [6, 6.07) is 5.54. The highest BCUT2D eigenvalue weighted by Gasteiger charge is 2.30. The lowest BCUT2D eigenvalue weighted by Crippen LogP contribution is -2.48. The lowest BCUT2D eigenvalue weighted by atomic mass is 10.0. The van der Waals surface area contributed by atoms with E-state index in [9.17, 15) is 4.79 Å². The predicted octanol–water partition coefficient (Wildman–Crippen LogP) is 2.34. The van der Waals surface area contributed by atoms with Crippen molar-refractivity contribution in [3.05, 3.63) is 35.2 Å². The number of carbonyl (C=O) groups excluding carboxylic acids is 1. The van der Waals surface area contributed by atoms with Crippen LogP contribution < -0.4 is 20.7 Å². The van der Waals surface area contributed by atoms with Crippen molar-refractivity contribution < 1.29 is 9.53 Å². The second-order valence-electron chi connectivity index (χ2n) is 5.43. The third-order valence-corrected chi connectivity index (χ3v) is 3.98. The molecule has 1 aromatic rings. The van der Waals surface area contributed by atoms with Crippen LogP contribution in [0.15, 0.2) is 34.5 Å². The molecule has 6 nitrogen and oxygen atoms in total. The molecule has 1 aromatic carbocycles. The van der Waals surface area contributed by atoms with Crippen molar-refractivity contribution in [3.8, 4) is 5.75 Å². The number of nitrogens with one attached hydrogen (secondary N) is 4. The summed E-state index contributed by atoms with van der Waals surface area (Å²) in [5.41, 5.74) is 2.10. The molecule has 0 fully saturated rings. The maximum Gasteiger partial charge on any atom is 0.271 e. The van der Waals surface area contributed by atoms with Crippen molar-refractivity contribution in [3.63, 3.8) is 0 Å². The van der Waals surface area contributed by atoms with Crippen LogP contribution in [0.2, 0.25) is 0 Å². The summed E-state index contributed by atoms with van der Waals surface area (Å²) in [5.74, 6) is 0.437. The Hall–Kier alpha value is -2.15. The summed E-state index contributed by atoms with van der Waals surface area (Å²) < 4.78 is 5.67. The van der Waals surface area contributed by atoms with E-state index in [2.05, 4.69) is 28.6 Å². The number of rotatable bonds is 7. The van der Waals surface area contributed by atoms with E-state index in [0.29, 0.717) is 35.9 Å². The molecule has 0 aromatic heterocycles. The zero-order chi connectivity index (χ0) is 17.7. The highest BCUT2D eigenvalue weighted by molar-refractivity contribution is 7.80. The van der Waals surface area contributed by atoms with Crippen LogP contribution >= 0.6 is 12.6 Å². The number of carbonyl (C=O) groups is 1. The Labute approximate surface area is 148 Å². The van der Waals surface area contributed by atoms with Gasteiger partial charge in [0.25, 0.3) is 5.91 Å². The van der Waals surface area contributed by atoms with Gasteiger partial charge in [-0.05, 0) is 31.5 Å². The molecule has 1 aliphatic rings. The van der Waals surface area contributed by atoms with E-state index in [4.69, 9.17) is 10.1 Å². The van der Waals surface area contributed by atoms with Crippen LogP contribution in [-0.2, 0) is 4.79 Å². The zero-order valence-corrected chi connectivity index (χ0v) is 15.1. The van der Waals surface area contributed by atoms with Gasteiger partial charge < -0.3 is 26.1 Å². The van der Waals surface area contributed by atoms with Gasteiger partial charge in [0.1, 0.15) is 17.6 Å². The van der Waals surface area contributed by atoms with E-state index in [0.717, 1.165) is 16.9 Å². The number of allylic oxidation sites excluding steroid dienone is 1. The quantitative estimate of drug-likeness (QED) is 0.387. The van der Waals surface area contributed by atoms with Gasteiger partial charge in [-0.25, -0.2) is 0 Å². The van der Waals surface area contributed by atoms with E-state index in [-0.39, 0.29) is 5.91 Å². The summed E-state index contributed by atoms with van der Waals surface area (Å²) >= 11 is 4.38. The van der Waals surface area contributed by atoms with Crippen molar-refractivity contribution in [2.24, 2.45) is 0 Å². The van der Waals surface area contributed by atoms with Gasteiger partial charge in [-0.1, -0.05) is 13.3 Å². The van der Waals surface area contributed by atoms with E-state index in [1.165, 1.54) is 0 Å². The minimum atomic E-state index is -0.476. The molecule has 1 aliphatic heterocycles. The Bertz CT molecular complexity index is 673. The number of benzene rings is 1. The van der Waals surface area contributed by atoms with Gasteiger partial charge in [0, 0.05) is 17.5 Å². The fourth-order valence-electron chi connectivity index (χ4n) is 2.62. The molecule has 24 heavy (non-hydrogen) atoms. The van der Waals surface area contributed by atoms with Crippen LogP contribution in [0.3, 0.4) is 0 Å². The Kier molecular flexibility index (Phi) is 6.14. The Morgan fingerprint density at radius 3 is 2.75 bits per heavy atom. The van der Waals surface area contributed by atoms with Crippen LogP contribution in [0.4, 0.5) is 0 Å². The highest BCUT2D eigenvalue weighted by Crippen LogP contribution is 2.29. The second kappa shape index (κ2) is 8.10. The standard InChI is InChI=1S/C17H24N4O2S/c1-4-6-12(18)14-15(19-3)17(22)21-16(20-14)11-9-10(24)7-8-13(11)23-5-2/h7-9,16,18-20,24H,4-6H2,1-3H3,(H,21,22). The SMILES string of the molecule is CCCC(=N)C1=C(NC)C(=O)NC(c2cc(S)ccc2OCC)N1. The van der Waals surface area contributed by atoms with Gasteiger partial charge in [-0.3, -0.25) is 4.79 Å². The van der Waals surface area contributed by atoms with E-state index in [1.54, 1.807) is 7.05 Å². The smallest absolute Gasteiger partial charge is 0.271 e. The molecule has 130 valence electrons. The Morgan fingerprint density at radius 2 is 2.12 bits per heavy atom. The first-order chi connectivity index (χ1) is 11.5. The average molecular weight is 348 g/mol. The highest BCUT2D eigenvalue weighted by atomic mass is 32.1. The summed E-state index contributed by atoms with van der Waals surface area (Å²) in [6.45, 7) is 4.44. The van der Waals surface area contributed by atoms with Crippen LogP contribution in [0.5, 0.6) is 5.75 Å².